The lowest BCUT2D eigenvalue weighted by molar-refractivity contribution is -0.115. The third kappa shape index (κ3) is 3.20. The van der Waals surface area contributed by atoms with Crippen molar-refractivity contribution in [2.45, 2.75) is 26.8 Å². The first kappa shape index (κ1) is 12.4. The summed E-state index contributed by atoms with van der Waals surface area (Å²) in [5.74, 6) is 0.00473. The molecule has 1 aromatic carbocycles. The molecule has 0 radical (unpaired) electrons. The molecule has 0 unspecified atom stereocenters. The predicted octanol–water partition coefficient (Wildman–Crippen LogP) is 2.59. The van der Waals surface area contributed by atoms with E-state index in [0.29, 0.717) is 13.0 Å². The molecule has 1 amide bonds. The van der Waals surface area contributed by atoms with Crippen molar-refractivity contribution in [1.82, 2.24) is 9.78 Å². The topological polar surface area (TPSA) is 46.9 Å². The van der Waals surface area contributed by atoms with Gasteiger partial charge in [0.05, 0.1) is 18.4 Å². The van der Waals surface area contributed by atoms with E-state index in [-0.39, 0.29) is 5.91 Å². The fourth-order valence-corrected chi connectivity index (χ4v) is 1.76. The highest BCUT2D eigenvalue weighted by atomic mass is 16.1. The third-order valence-electron chi connectivity index (χ3n) is 2.67. The predicted molar refractivity (Wildman–Crippen MR) is 71.4 cm³/mol. The van der Waals surface area contributed by atoms with Crippen LogP contribution in [0.2, 0.25) is 0 Å². The number of carbonyl (C=O) groups excluding carboxylic acids is 1. The number of hydrogen-bond donors (Lipinski definition) is 1. The highest BCUT2D eigenvalue weighted by molar-refractivity contribution is 5.90. The van der Waals surface area contributed by atoms with Crippen molar-refractivity contribution in [2.75, 3.05) is 5.32 Å². The van der Waals surface area contributed by atoms with Gasteiger partial charge in [-0.1, -0.05) is 36.8 Å². The SMILES string of the molecule is CCC(=O)Nc1cnn(Cc2cccc(C)c2)c1. The number of nitrogens with one attached hydrogen (secondary N) is 1. The van der Waals surface area contributed by atoms with Crippen LogP contribution in [0.1, 0.15) is 24.5 Å². The van der Waals surface area contributed by atoms with Gasteiger partial charge >= 0.3 is 0 Å². The van der Waals surface area contributed by atoms with E-state index in [0.717, 1.165) is 5.69 Å². The Labute approximate surface area is 107 Å². The van der Waals surface area contributed by atoms with E-state index in [2.05, 4.69) is 35.5 Å². The van der Waals surface area contributed by atoms with Crippen molar-refractivity contribution >= 4 is 11.6 Å². The van der Waals surface area contributed by atoms with E-state index in [1.807, 2.05) is 23.9 Å². The Morgan fingerprint density at radius 1 is 1.44 bits per heavy atom. The summed E-state index contributed by atoms with van der Waals surface area (Å²) in [6.45, 7) is 4.61. The number of amides is 1. The number of carbonyl (C=O) groups is 1. The molecule has 4 nitrogen and oxygen atoms in total. The van der Waals surface area contributed by atoms with Gasteiger partial charge in [0.1, 0.15) is 0 Å². The fraction of sp³-hybridized carbons (Fsp3) is 0.286. The van der Waals surface area contributed by atoms with Crippen molar-refractivity contribution in [3.05, 3.63) is 47.8 Å². The van der Waals surface area contributed by atoms with Crippen LogP contribution >= 0.6 is 0 Å². The molecular formula is C14H17N3O. The number of aryl methyl sites for hydroxylation is 1. The molecule has 18 heavy (non-hydrogen) atoms. The van der Waals surface area contributed by atoms with Crippen LogP contribution in [0.4, 0.5) is 5.69 Å². The summed E-state index contributed by atoms with van der Waals surface area (Å²) < 4.78 is 1.82. The maximum absolute atomic E-state index is 11.2. The average Bonchev–Trinajstić information content (AvgIpc) is 2.76. The molecule has 0 saturated carbocycles. The van der Waals surface area contributed by atoms with Crippen LogP contribution in [0.15, 0.2) is 36.7 Å². The summed E-state index contributed by atoms with van der Waals surface area (Å²) in [5, 5.41) is 7.02. The molecule has 94 valence electrons. The maximum atomic E-state index is 11.2. The zero-order chi connectivity index (χ0) is 13.0. The molecule has 0 spiro atoms. The van der Waals surface area contributed by atoms with E-state index < -0.39 is 0 Å². The zero-order valence-electron chi connectivity index (χ0n) is 10.7. The smallest absolute Gasteiger partial charge is 0.224 e. The summed E-state index contributed by atoms with van der Waals surface area (Å²) in [7, 11) is 0. The number of hydrogen-bond acceptors (Lipinski definition) is 2. The summed E-state index contributed by atoms with van der Waals surface area (Å²) in [6.07, 6.45) is 3.99. The molecule has 0 fully saturated rings. The molecule has 0 aliphatic carbocycles. The lowest BCUT2D eigenvalue weighted by Crippen LogP contribution is -2.08. The molecular weight excluding hydrogens is 226 g/mol. The van der Waals surface area contributed by atoms with Gasteiger partial charge < -0.3 is 5.32 Å². The van der Waals surface area contributed by atoms with E-state index in [1.54, 1.807) is 6.20 Å². The van der Waals surface area contributed by atoms with Gasteiger partial charge in [-0.05, 0) is 12.5 Å². The fourth-order valence-electron chi connectivity index (χ4n) is 1.76. The molecule has 0 atom stereocenters. The van der Waals surface area contributed by atoms with Crippen molar-refractivity contribution in [3.63, 3.8) is 0 Å². The quantitative estimate of drug-likeness (QED) is 0.897. The van der Waals surface area contributed by atoms with Gasteiger partial charge in [0.2, 0.25) is 5.91 Å². The normalized spacial score (nSPS) is 10.3. The second-order valence-corrected chi connectivity index (χ2v) is 4.32. The summed E-state index contributed by atoms with van der Waals surface area (Å²) in [5.41, 5.74) is 3.18. The highest BCUT2D eigenvalue weighted by Crippen LogP contribution is 2.09. The van der Waals surface area contributed by atoms with Gasteiger partial charge in [-0.15, -0.1) is 0 Å². The largest absolute Gasteiger partial charge is 0.323 e. The highest BCUT2D eigenvalue weighted by Gasteiger charge is 2.02. The molecule has 2 aromatic rings. The molecule has 1 aromatic heterocycles. The van der Waals surface area contributed by atoms with Gasteiger partial charge in [-0.2, -0.15) is 5.10 Å². The molecule has 0 aliphatic heterocycles. The Kier molecular flexibility index (Phi) is 3.77. The van der Waals surface area contributed by atoms with Crippen LogP contribution in [0.5, 0.6) is 0 Å². The molecule has 1 heterocycles. The molecule has 0 saturated heterocycles. The molecule has 0 bridgehead atoms. The minimum atomic E-state index is 0.00473. The van der Waals surface area contributed by atoms with Crippen molar-refractivity contribution in [2.24, 2.45) is 0 Å². The lowest BCUT2D eigenvalue weighted by atomic mass is 10.1. The summed E-state index contributed by atoms with van der Waals surface area (Å²) in [4.78, 5) is 11.2. The Morgan fingerprint density at radius 2 is 2.28 bits per heavy atom. The Morgan fingerprint density at radius 3 is 3.00 bits per heavy atom. The van der Waals surface area contributed by atoms with Crippen LogP contribution in [0, 0.1) is 6.92 Å². The average molecular weight is 243 g/mol. The molecule has 1 N–H and O–H groups in total. The maximum Gasteiger partial charge on any atom is 0.224 e. The summed E-state index contributed by atoms with van der Waals surface area (Å²) >= 11 is 0. The van der Waals surface area contributed by atoms with Crippen LogP contribution in [-0.2, 0) is 11.3 Å². The number of benzene rings is 1. The Hall–Kier alpha value is -2.10. The van der Waals surface area contributed by atoms with Crippen molar-refractivity contribution < 1.29 is 4.79 Å². The Balaban J connectivity index is 2.04. The van der Waals surface area contributed by atoms with Crippen molar-refractivity contribution in [1.29, 1.82) is 0 Å². The van der Waals surface area contributed by atoms with Gasteiger partial charge in [-0.25, -0.2) is 0 Å². The molecule has 2 rings (SSSR count). The van der Waals surface area contributed by atoms with E-state index >= 15 is 0 Å². The minimum Gasteiger partial charge on any atom is -0.323 e. The molecule has 0 aliphatic rings. The van der Waals surface area contributed by atoms with Crippen LogP contribution in [0.3, 0.4) is 0 Å². The first-order valence-corrected chi connectivity index (χ1v) is 6.05. The van der Waals surface area contributed by atoms with Gasteiger partial charge in [0.15, 0.2) is 0 Å². The van der Waals surface area contributed by atoms with Crippen LogP contribution in [0.25, 0.3) is 0 Å². The number of anilines is 1. The van der Waals surface area contributed by atoms with E-state index in [1.165, 1.54) is 11.1 Å². The first-order valence-electron chi connectivity index (χ1n) is 6.05. The van der Waals surface area contributed by atoms with Gasteiger partial charge in [0.25, 0.3) is 0 Å². The number of aromatic nitrogens is 2. The molecule has 4 heteroatoms. The van der Waals surface area contributed by atoms with Crippen molar-refractivity contribution in [3.8, 4) is 0 Å². The van der Waals surface area contributed by atoms with Gasteiger partial charge in [-0.3, -0.25) is 9.48 Å². The van der Waals surface area contributed by atoms with E-state index in [4.69, 9.17) is 0 Å². The van der Waals surface area contributed by atoms with Crippen LogP contribution < -0.4 is 5.32 Å². The minimum absolute atomic E-state index is 0.00473. The zero-order valence-corrected chi connectivity index (χ0v) is 10.7. The Bertz CT molecular complexity index is 545. The number of nitrogens with zero attached hydrogens (tertiary/aromatic N) is 2. The second kappa shape index (κ2) is 5.49. The third-order valence-corrected chi connectivity index (χ3v) is 2.67. The summed E-state index contributed by atoms with van der Waals surface area (Å²) in [6, 6.07) is 8.30. The standard InChI is InChI=1S/C14H17N3O/c1-3-14(18)16-13-8-15-17(10-13)9-12-6-4-5-11(2)7-12/h4-8,10H,3,9H2,1-2H3,(H,16,18). The lowest BCUT2D eigenvalue weighted by Gasteiger charge is -2.03. The first-order chi connectivity index (χ1) is 8.67. The van der Waals surface area contributed by atoms with Crippen LogP contribution in [-0.4, -0.2) is 15.7 Å². The monoisotopic (exact) mass is 243 g/mol. The van der Waals surface area contributed by atoms with E-state index in [9.17, 15) is 4.79 Å². The van der Waals surface area contributed by atoms with Gasteiger partial charge in [0, 0.05) is 12.6 Å². The second-order valence-electron chi connectivity index (χ2n) is 4.32. The number of rotatable bonds is 4.